The second-order valence-corrected chi connectivity index (χ2v) is 5.40. The molecule has 0 atom stereocenters. The summed E-state index contributed by atoms with van der Waals surface area (Å²) >= 11 is 0. The molecule has 1 N–H and O–H groups in total. The number of piperidine rings is 1. The lowest BCUT2D eigenvalue weighted by atomic mass is 9.93. The minimum atomic E-state index is -0.431. The number of carbonyl (C=O) groups is 1. The van der Waals surface area contributed by atoms with Crippen molar-refractivity contribution < 1.29 is 9.72 Å². The van der Waals surface area contributed by atoms with Crippen LogP contribution in [-0.2, 0) is 4.79 Å². The molecule has 7 heteroatoms. The molecule has 0 radical (unpaired) electrons. The summed E-state index contributed by atoms with van der Waals surface area (Å²) in [7, 11) is 1.65. The average Bonchev–Trinajstić information content (AvgIpc) is 2.48. The third-order valence-electron chi connectivity index (χ3n) is 3.91. The first kappa shape index (κ1) is 15.2. The summed E-state index contributed by atoms with van der Waals surface area (Å²) in [5, 5.41) is 13.4. The van der Waals surface area contributed by atoms with Crippen molar-refractivity contribution in [3.05, 3.63) is 27.9 Å². The van der Waals surface area contributed by atoms with Gasteiger partial charge in [-0.15, -0.1) is 0 Å². The zero-order valence-electron chi connectivity index (χ0n) is 12.3. The van der Waals surface area contributed by atoms with Crippen LogP contribution in [0, 0.1) is 23.0 Å². The van der Waals surface area contributed by atoms with Crippen LogP contribution < -0.4 is 10.2 Å². The van der Waals surface area contributed by atoms with E-state index in [-0.39, 0.29) is 11.6 Å². The molecule has 1 aromatic heterocycles. The number of aromatic nitrogens is 1. The number of pyridine rings is 1. The third-order valence-corrected chi connectivity index (χ3v) is 3.91. The van der Waals surface area contributed by atoms with Gasteiger partial charge in [-0.25, -0.2) is 4.98 Å². The van der Waals surface area contributed by atoms with E-state index < -0.39 is 4.92 Å². The van der Waals surface area contributed by atoms with Gasteiger partial charge in [0.2, 0.25) is 5.91 Å². The van der Waals surface area contributed by atoms with Gasteiger partial charge < -0.3 is 10.2 Å². The van der Waals surface area contributed by atoms with Crippen LogP contribution in [0.2, 0.25) is 0 Å². The molecule has 0 bridgehead atoms. The number of rotatable bonds is 4. The highest BCUT2D eigenvalue weighted by Crippen LogP contribution is 2.27. The van der Waals surface area contributed by atoms with Crippen LogP contribution >= 0.6 is 0 Å². The first-order chi connectivity index (χ1) is 10.0. The fourth-order valence-electron chi connectivity index (χ4n) is 2.70. The largest absolute Gasteiger partial charge is 0.359 e. The molecule has 1 aromatic rings. The Labute approximate surface area is 123 Å². The normalized spacial score (nSPS) is 15.8. The smallest absolute Gasteiger partial charge is 0.287 e. The van der Waals surface area contributed by atoms with Crippen LogP contribution in [0.4, 0.5) is 11.5 Å². The number of hydrogen-bond donors (Lipinski definition) is 1. The van der Waals surface area contributed by atoms with E-state index in [9.17, 15) is 14.9 Å². The molecule has 114 valence electrons. The summed E-state index contributed by atoms with van der Waals surface area (Å²) in [6.07, 6.45) is 3.74. The maximum absolute atomic E-state index is 11.4. The molecule has 0 unspecified atom stereocenters. The predicted octanol–water partition coefficient (Wildman–Crippen LogP) is 1.65. The summed E-state index contributed by atoms with van der Waals surface area (Å²) in [5.74, 6) is 1.29. The maximum atomic E-state index is 11.4. The van der Waals surface area contributed by atoms with E-state index in [2.05, 4.69) is 15.2 Å². The van der Waals surface area contributed by atoms with Crippen molar-refractivity contribution in [2.24, 2.45) is 5.92 Å². The van der Waals surface area contributed by atoms with E-state index in [0.717, 1.165) is 37.3 Å². The minimum absolute atomic E-state index is 0.0192. The molecule has 7 nitrogen and oxygen atoms in total. The lowest BCUT2D eigenvalue weighted by Gasteiger charge is -2.33. The number of nitro groups is 1. The van der Waals surface area contributed by atoms with Gasteiger partial charge in [-0.05, 0) is 31.2 Å². The maximum Gasteiger partial charge on any atom is 0.287 e. The summed E-state index contributed by atoms with van der Waals surface area (Å²) < 4.78 is 0. The Balaban J connectivity index is 1.99. The molecule has 0 aliphatic carbocycles. The highest BCUT2D eigenvalue weighted by molar-refractivity contribution is 5.75. The molecule has 1 fully saturated rings. The summed E-state index contributed by atoms with van der Waals surface area (Å²) in [6, 6.07) is 1.55. The molecule has 1 saturated heterocycles. The van der Waals surface area contributed by atoms with Crippen molar-refractivity contribution in [1.82, 2.24) is 10.3 Å². The Morgan fingerprint density at radius 1 is 1.52 bits per heavy atom. The van der Waals surface area contributed by atoms with Gasteiger partial charge >= 0.3 is 0 Å². The van der Waals surface area contributed by atoms with Crippen molar-refractivity contribution in [1.29, 1.82) is 0 Å². The van der Waals surface area contributed by atoms with Gasteiger partial charge in [0.25, 0.3) is 5.69 Å². The second kappa shape index (κ2) is 6.51. The third kappa shape index (κ3) is 3.68. The van der Waals surface area contributed by atoms with E-state index in [0.29, 0.717) is 12.3 Å². The summed E-state index contributed by atoms with van der Waals surface area (Å²) in [5.41, 5.74) is 0.833. The lowest BCUT2D eigenvalue weighted by molar-refractivity contribution is -0.385. The Morgan fingerprint density at radius 3 is 2.71 bits per heavy atom. The number of nitrogens with one attached hydrogen (secondary N) is 1. The van der Waals surface area contributed by atoms with Gasteiger partial charge in [-0.3, -0.25) is 14.9 Å². The van der Waals surface area contributed by atoms with Gasteiger partial charge in [-0.1, -0.05) is 0 Å². The summed E-state index contributed by atoms with van der Waals surface area (Å²) in [4.78, 5) is 28.1. The molecule has 0 spiro atoms. The molecule has 2 heterocycles. The Morgan fingerprint density at radius 2 is 2.19 bits per heavy atom. The van der Waals surface area contributed by atoms with E-state index in [1.54, 1.807) is 13.1 Å². The molecule has 0 aromatic carbocycles. The van der Waals surface area contributed by atoms with Crippen molar-refractivity contribution in [3.8, 4) is 0 Å². The minimum Gasteiger partial charge on any atom is -0.359 e. The van der Waals surface area contributed by atoms with Crippen molar-refractivity contribution >= 4 is 17.4 Å². The fourth-order valence-corrected chi connectivity index (χ4v) is 2.70. The number of anilines is 1. The summed E-state index contributed by atoms with van der Waals surface area (Å²) in [6.45, 7) is 3.49. The standard InChI is InChI=1S/C14H20N4O3/c1-10-7-12(18(20)21)9-16-14(10)17-5-3-11(4-6-17)8-13(19)15-2/h7,9,11H,3-6,8H2,1-2H3,(H,15,19). The van der Waals surface area contributed by atoms with Crippen LogP contribution in [0.25, 0.3) is 0 Å². The Kier molecular flexibility index (Phi) is 4.72. The zero-order chi connectivity index (χ0) is 15.4. The lowest BCUT2D eigenvalue weighted by Crippen LogP contribution is -2.36. The van der Waals surface area contributed by atoms with Crippen LogP contribution in [0.15, 0.2) is 12.3 Å². The number of nitrogens with zero attached hydrogens (tertiary/aromatic N) is 3. The van der Waals surface area contributed by atoms with Crippen LogP contribution in [0.5, 0.6) is 0 Å². The van der Waals surface area contributed by atoms with Crippen molar-refractivity contribution in [2.45, 2.75) is 26.2 Å². The van der Waals surface area contributed by atoms with Crippen LogP contribution in [-0.4, -0.2) is 36.0 Å². The van der Waals surface area contributed by atoms with Gasteiger partial charge in [-0.2, -0.15) is 0 Å². The molecule has 0 saturated carbocycles. The van der Waals surface area contributed by atoms with Crippen molar-refractivity contribution in [3.63, 3.8) is 0 Å². The van der Waals surface area contributed by atoms with Crippen molar-refractivity contribution in [2.75, 3.05) is 25.0 Å². The highest BCUT2D eigenvalue weighted by atomic mass is 16.6. The van der Waals surface area contributed by atoms with E-state index in [4.69, 9.17) is 0 Å². The fraction of sp³-hybridized carbons (Fsp3) is 0.571. The quantitative estimate of drug-likeness (QED) is 0.673. The van der Waals surface area contributed by atoms with Gasteiger partial charge in [0.05, 0.1) is 4.92 Å². The van der Waals surface area contributed by atoms with Gasteiger partial charge in [0, 0.05) is 32.6 Å². The van der Waals surface area contributed by atoms with E-state index in [1.165, 1.54) is 6.20 Å². The van der Waals surface area contributed by atoms with Gasteiger partial charge in [0.15, 0.2) is 0 Å². The molecular formula is C14H20N4O3. The predicted molar refractivity (Wildman–Crippen MR) is 79.2 cm³/mol. The molecule has 2 rings (SSSR count). The number of carbonyl (C=O) groups excluding carboxylic acids is 1. The van der Waals surface area contributed by atoms with Crippen LogP contribution in [0.3, 0.4) is 0 Å². The number of aryl methyl sites for hydroxylation is 1. The molecule has 21 heavy (non-hydrogen) atoms. The SMILES string of the molecule is CNC(=O)CC1CCN(c2ncc([N+](=O)[O-])cc2C)CC1. The Hall–Kier alpha value is -2.18. The molecular weight excluding hydrogens is 272 g/mol. The first-order valence-electron chi connectivity index (χ1n) is 7.08. The Bertz CT molecular complexity index is 539. The van der Waals surface area contributed by atoms with E-state index in [1.807, 2.05) is 6.92 Å². The molecule has 1 aliphatic heterocycles. The first-order valence-corrected chi connectivity index (χ1v) is 7.08. The zero-order valence-corrected chi connectivity index (χ0v) is 12.3. The monoisotopic (exact) mass is 292 g/mol. The van der Waals surface area contributed by atoms with Gasteiger partial charge in [0.1, 0.15) is 12.0 Å². The van der Waals surface area contributed by atoms with E-state index >= 15 is 0 Å². The second-order valence-electron chi connectivity index (χ2n) is 5.40. The number of hydrogen-bond acceptors (Lipinski definition) is 5. The molecule has 1 aliphatic rings. The topological polar surface area (TPSA) is 88.4 Å². The number of amides is 1. The highest BCUT2D eigenvalue weighted by Gasteiger charge is 2.23. The average molecular weight is 292 g/mol. The molecule has 1 amide bonds. The van der Waals surface area contributed by atoms with Crippen LogP contribution in [0.1, 0.15) is 24.8 Å².